The molecule has 0 bridgehead atoms. The second kappa shape index (κ2) is 5.64. The molecule has 0 amide bonds. The van der Waals surface area contributed by atoms with E-state index in [1.807, 2.05) is 24.3 Å². The van der Waals surface area contributed by atoms with Gasteiger partial charge in [0.25, 0.3) is 0 Å². The maximum Gasteiger partial charge on any atom is 0.124 e. The van der Waals surface area contributed by atoms with E-state index in [-0.39, 0.29) is 6.04 Å². The minimum atomic E-state index is -0.242. The molecule has 19 heavy (non-hydrogen) atoms. The zero-order valence-electron chi connectivity index (χ0n) is 11.4. The van der Waals surface area contributed by atoms with Gasteiger partial charge < -0.3 is 10.5 Å². The highest BCUT2D eigenvalue weighted by Crippen LogP contribution is 2.32. The van der Waals surface area contributed by atoms with Gasteiger partial charge in [0.2, 0.25) is 0 Å². The highest BCUT2D eigenvalue weighted by atomic mass is 35.5. The van der Waals surface area contributed by atoms with E-state index >= 15 is 0 Å². The third-order valence-electron chi connectivity index (χ3n) is 3.51. The second-order valence-corrected chi connectivity index (χ2v) is 5.09. The fourth-order valence-electron chi connectivity index (χ4n) is 2.23. The molecule has 2 N–H and O–H groups in total. The predicted molar refractivity (Wildman–Crippen MR) is 80.0 cm³/mol. The van der Waals surface area contributed by atoms with Gasteiger partial charge in [-0.2, -0.15) is 0 Å². The summed E-state index contributed by atoms with van der Waals surface area (Å²) in [4.78, 5) is 0. The summed E-state index contributed by atoms with van der Waals surface area (Å²) in [6.07, 6.45) is 0. The smallest absolute Gasteiger partial charge is 0.124 e. The van der Waals surface area contributed by atoms with Crippen LogP contribution in [0.1, 0.15) is 28.3 Å². The maximum atomic E-state index is 6.39. The molecule has 0 aromatic heterocycles. The lowest BCUT2D eigenvalue weighted by molar-refractivity contribution is 0.408. The monoisotopic (exact) mass is 275 g/mol. The topological polar surface area (TPSA) is 35.2 Å². The Kier molecular flexibility index (Phi) is 4.13. The van der Waals surface area contributed by atoms with E-state index in [2.05, 4.69) is 19.9 Å². The van der Waals surface area contributed by atoms with Crippen molar-refractivity contribution >= 4 is 11.6 Å². The zero-order chi connectivity index (χ0) is 14.0. The number of halogens is 1. The third kappa shape index (κ3) is 2.75. The van der Waals surface area contributed by atoms with E-state index in [0.717, 1.165) is 16.9 Å². The van der Waals surface area contributed by atoms with E-state index in [0.29, 0.717) is 5.02 Å². The van der Waals surface area contributed by atoms with Gasteiger partial charge in [-0.25, -0.2) is 0 Å². The summed E-state index contributed by atoms with van der Waals surface area (Å²) in [5.41, 5.74) is 10.8. The van der Waals surface area contributed by atoms with Crippen LogP contribution in [0.3, 0.4) is 0 Å². The number of rotatable bonds is 3. The van der Waals surface area contributed by atoms with E-state index in [9.17, 15) is 0 Å². The Labute approximate surface area is 119 Å². The normalized spacial score (nSPS) is 12.3. The summed E-state index contributed by atoms with van der Waals surface area (Å²) in [6, 6.07) is 11.4. The minimum absolute atomic E-state index is 0.242. The molecule has 0 radical (unpaired) electrons. The molecule has 2 aromatic carbocycles. The Hall–Kier alpha value is -1.51. The first-order chi connectivity index (χ1) is 9.04. The van der Waals surface area contributed by atoms with Gasteiger partial charge in [-0.05, 0) is 48.7 Å². The molecule has 0 saturated heterocycles. The Balaban J connectivity index is 2.52. The van der Waals surface area contributed by atoms with Crippen molar-refractivity contribution in [2.24, 2.45) is 5.73 Å². The number of aryl methyl sites for hydroxylation is 1. The number of methoxy groups -OCH3 is 1. The number of ether oxygens (including phenoxy) is 1. The molecule has 0 aliphatic heterocycles. The summed E-state index contributed by atoms with van der Waals surface area (Å²) in [5.74, 6) is 0.762. The van der Waals surface area contributed by atoms with Crippen molar-refractivity contribution in [2.45, 2.75) is 19.9 Å². The lowest BCUT2D eigenvalue weighted by Gasteiger charge is -2.19. The molecule has 2 rings (SSSR count). The molecule has 2 aromatic rings. The largest absolute Gasteiger partial charge is 0.496 e. The van der Waals surface area contributed by atoms with E-state index in [4.69, 9.17) is 22.1 Å². The average molecular weight is 276 g/mol. The van der Waals surface area contributed by atoms with E-state index < -0.39 is 0 Å². The van der Waals surface area contributed by atoms with Gasteiger partial charge in [0.05, 0.1) is 13.2 Å². The first-order valence-electron chi connectivity index (χ1n) is 6.19. The van der Waals surface area contributed by atoms with Crippen molar-refractivity contribution < 1.29 is 4.74 Å². The maximum absolute atomic E-state index is 6.39. The van der Waals surface area contributed by atoms with Crippen LogP contribution in [0.15, 0.2) is 36.4 Å². The number of hydrogen-bond acceptors (Lipinski definition) is 2. The van der Waals surface area contributed by atoms with Crippen molar-refractivity contribution in [3.05, 3.63) is 63.7 Å². The molecule has 100 valence electrons. The molecule has 1 atom stereocenters. The number of benzene rings is 2. The molecule has 0 heterocycles. The SMILES string of the molecule is COc1ccc(Cl)cc1C(N)c1cccc(C)c1C. The van der Waals surface area contributed by atoms with Crippen LogP contribution in [-0.4, -0.2) is 7.11 Å². The molecular weight excluding hydrogens is 258 g/mol. The van der Waals surface area contributed by atoms with E-state index in [1.54, 1.807) is 13.2 Å². The molecular formula is C16H18ClNO. The lowest BCUT2D eigenvalue weighted by Crippen LogP contribution is -2.15. The summed E-state index contributed by atoms with van der Waals surface area (Å²) < 4.78 is 5.37. The molecule has 0 saturated carbocycles. The fourth-order valence-corrected chi connectivity index (χ4v) is 2.41. The summed E-state index contributed by atoms with van der Waals surface area (Å²) in [6.45, 7) is 4.17. The molecule has 0 aliphatic rings. The lowest BCUT2D eigenvalue weighted by atomic mass is 9.93. The van der Waals surface area contributed by atoms with Crippen molar-refractivity contribution in [1.82, 2.24) is 0 Å². The highest BCUT2D eigenvalue weighted by molar-refractivity contribution is 6.30. The highest BCUT2D eigenvalue weighted by Gasteiger charge is 2.16. The number of nitrogens with two attached hydrogens (primary N) is 1. The quantitative estimate of drug-likeness (QED) is 0.918. The van der Waals surface area contributed by atoms with Gasteiger partial charge in [0.1, 0.15) is 5.75 Å². The molecule has 0 spiro atoms. The van der Waals surface area contributed by atoms with Crippen LogP contribution in [0.5, 0.6) is 5.75 Å². The van der Waals surface area contributed by atoms with Crippen molar-refractivity contribution in [2.75, 3.05) is 7.11 Å². The van der Waals surface area contributed by atoms with Crippen LogP contribution in [0.2, 0.25) is 5.02 Å². The molecule has 0 fully saturated rings. The van der Waals surface area contributed by atoms with Gasteiger partial charge >= 0.3 is 0 Å². The van der Waals surface area contributed by atoms with Gasteiger partial charge in [0, 0.05) is 10.6 Å². The van der Waals surface area contributed by atoms with Crippen molar-refractivity contribution in [1.29, 1.82) is 0 Å². The van der Waals surface area contributed by atoms with Gasteiger partial charge in [-0.1, -0.05) is 29.8 Å². The van der Waals surface area contributed by atoms with Crippen LogP contribution in [0.25, 0.3) is 0 Å². The summed E-state index contributed by atoms with van der Waals surface area (Å²) in [7, 11) is 1.64. The fraction of sp³-hybridized carbons (Fsp3) is 0.250. The summed E-state index contributed by atoms with van der Waals surface area (Å²) >= 11 is 6.07. The first kappa shape index (κ1) is 13.9. The second-order valence-electron chi connectivity index (χ2n) is 4.65. The summed E-state index contributed by atoms with van der Waals surface area (Å²) in [5, 5.41) is 0.663. The van der Waals surface area contributed by atoms with Crippen LogP contribution >= 0.6 is 11.6 Å². The Morgan fingerprint density at radius 2 is 1.84 bits per heavy atom. The van der Waals surface area contributed by atoms with Crippen LogP contribution in [0, 0.1) is 13.8 Å². The Morgan fingerprint density at radius 1 is 1.11 bits per heavy atom. The molecule has 2 nitrogen and oxygen atoms in total. The van der Waals surface area contributed by atoms with Gasteiger partial charge in [-0.15, -0.1) is 0 Å². The average Bonchev–Trinajstić information content (AvgIpc) is 2.41. The standard InChI is InChI=1S/C16H18ClNO/c1-10-5-4-6-13(11(10)2)16(18)14-9-12(17)7-8-15(14)19-3/h4-9,16H,18H2,1-3H3. The Morgan fingerprint density at radius 3 is 2.53 bits per heavy atom. The van der Waals surface area contributed by atoms with Crippen molar-refractivity contribution in [3.63, 3.8) is 0 Å². The van der Waals surface area contributed by atoms with Crippen LogP contribution in [0.4, 0.5) is 0 Å². The number of hydrogen-bond donors (Lipinski definition) is 1. The molecule has 3 heteroatoms. The predicted octanol–water partition coefficient (Wildman–Crippen LogP) is 4.01. The molecule has 0 aliphatic carbocycles. The Bertz CT molecular complexity index is 595. The van der Waals surface area contributed by atoms with Gasteiger partial charge in [-0.3, -0.25) is 0 Å². The minimum Gasteiger partial charge on any atom is -0.496 e. The van der Waals surface area contributed by atoms with Crippen molar-refractivity contribution in [3.8, 4) is 5.75 Å². The molecule has 1 unspecified atom stereocenters. The van der Waals surface area contributed by atoms with Gasteiger partial charge in [0.15, 0.2) is 0 Å². The van der Waals surface area contributed by atoms with Crippen LogP contribution in [-0.2, 0) is 0 Å². The van der Waals surface area contributed by atoms with E-state index in [1.165, 1.54) is 11.1 Å². The zero-order valence-corrected chi connectivity index (χ0v) is 12.2. The van der Waals surface area contributed by atoms with Crippen LogP contribution < -0.4 is 10.5 Å². The first-order valence-corrected chi connectivity index (χ1v) is 6.57. The third-order valence-corrected chi connectivity index (χ3v) is 3.74.